The molecule has 0 aliphatic heterocycles. The molecular weight excluding hydrogens is 244 g/mol. The molecule has 0 saturated heterocycles. The van der Waals surface area contributed by atoms with E-state index in [4.69, 9.17) is 0 Å². The molecule has 3 heteroatoms. The van der Waals surface area contributed by atoms with Gasteiger partial charge in [0.2, 0.25) is 0 Å². The zero-order chi connectivity index (χ0) is 14.0. The summed E-state index contributed by atoms with van der Waals surface area (Å²) in [6.45, 7) is 6.34. The lowest BCUT2D eigenvalue weighted by Gasteiger charge is -2.34. The van der Waals surface area contributed by atoms with Gasteiger partial charge in [0.15, 0.2) is 0 Å². The molecule has 19 heavy (non-hydrogen) atoms. The van der Waals surface area contributed by atoms with Crippen molar-refractivity contribution in [2.24, 2.45) is 11.8 Å². The molecule has 1 saturated carbocycles. The highest BCUT2D eigenvalue weighted by molar-refractivity contribution is 5.22. The summed E-state index contributed by atoms with van der Waals surface area (Å²) in [5, 5.41) is 3.40. The van der Waals surface area contributed by atoms with E-state index in [1.54, 1.807) is 0 Å². The summed E-state index contributed by atoms with van der Waals surface area (Å²) in [5.74, 6) is 0.437. The van der Waals surface area contributed by atoms with E-state index in [1.165, 1.54) is 24.6 Å². The topological polar surface area (TPSA) is 12.0 Å². The van der Waals surface area contributed by atoms with Gasteiger partial charge in [-0.05, 0) is 50.2 Å². The standard InChI is InChI=1S/C16H23F2N/c1-10-7-11(2)9-13(8-10)19-12(3)16-14(17)5-4-6-15(16)18/h4-6,10-13,19H,7-9H2,1-3H3. The van der Waals surface area contributed by atoms with Crippen LogP contribution in [0, 0.1) is 23.5 Å². The first-order valence-electron chi connectivity index (χ1n) is 7.17. The Balaban J connectivity index is 2.06. The monoisotopic (exact) mass is 267 g/mol. The largest absolute Gasteiger partial charge is 0.307 e. The summed E-state index contributed by atoms with van der Waals surface area (Å²) in [6.07, 6.45) is 3.43. The van der Waals surface area contributed by atoms with Crippen LogP contribution in [-0.4, -0.2) is 6.04 Å². The first kappa shape index (κ1) is 14.4. The van der Waals surface area contributed by atoms with Gasteiger partial charge in [0.05, 0.1) is 0 Å². The Morgan fingerprint density at radius 2 is 1.58 bits per heavy atom. The van der Waals surface area contributed by atoms with Gasteiger partial charge in [-0.2, -0.15) is 0 Å². The lowest BCUT2D eigenvalue weighted by molar-refractivity contribution is 0.226. The first-order valence-corrected chi connectivity index (χ1v) is 7.17. The minimum absolute atomic E-state index is 0.161. The maximum absolute atomic E-state index is 13.7. The van der Waals surface area contributed by atoms with Crippen molar-refractivity contribution in [1.29, 1.82) is 0 Å². The lowest BCUT2D eigenvalue weighted by atomic mass is 9.80. The molecule has 0 aromatic heterocycles. The van der Waals surface area contributed by atoms with Crippen molar-refractivity contribution in [1.82, 2.24) is 5.32 Å². The number of rotatable bonds is 3. The molecule has 1 fully saturated rings. The summed E-state index contributed by atoms with van der Waals surface area (Å²) in [7, 11) is 0. The fraction of sp³-hybridized carbons (Fsp3) is 0.625. The van der Waals surface area contributed by atoms with Crippen LogP contribution in [-0.2, 0) is 0 Å². The molecule has 0 bridgehead atoms. The van der Waals surface area contributed by atoms with Crippen LogP contribution in [0.1, 0.15) is 51.6 Å². The molecule has 3 unspecified atom stereocenters. The molecule has 1 nitrogen and oxygen atoms in total. The van der Waals surface area contributed by atoms with Gasteiger partial charge in [-0.25, -0.2) is 8.78 Å². The molecule has 0 spiro atoms. The van der Waals surface area contributed by atoms with E-state index in [-0.39, 0.29) is 11.6 Å². The van der Waals surface area contributed by atoms with Crippen LogP contribution < -0.4 is 5.32 Å². The Kier molecular flexibility index (Phi) is 4.56. The van der Waals surface area contributed by atoms with Crippen molar-refractivity contribution in [3.8, 4) is 0 Å². The minimum Gasteiger partial charge on any atom is -0.307 e. The highest BCUT2D eigenvalue weighted by Crippen LogP contribution is 2.30. The van der Waals surface area contributed by atoms with E-state index in [1.807, 2.05) is 6.92 Å². The van der Waals surface area contributed by atoms with E-state index in [0.717, 1.165) is 12.8 Å². The van der Waals surface area contributed by atoms with Gasteiger partial charge in [-0.15, -0.1) is 0 Å². The highest BCUT2D eigenvalue weighted by Gasteiger charge is 2.26. The third kappa shape index (κ3) is 3.53. The summed E-state index contributed by atoms with van der Waals surface area (Å²) in [4.78, 5) is 0. The zero-order valence-corrected chi connectivity index (χ0v) is 11.9. The van der Waals surface area contributed by atoms with Crippen LogP contribution in [0.3, 0.4) is 0 Å². The summed E-state index contributed by atoms with van der Waals surface area (Å²) >= 11 is 0. The average Bonchev–Trinajstić information content (AvgIpc) is 2.26. The second-order valence-electron chi connectivity index (χ2n) is 6.14. The Morgan fingerprint density at radius 3 is 2.11 bits per heavy atom. The number of hydrogen-bond donors (Lipinski definition) is 1. The molecule has 2 rings (SSSR count). The van der Waals surface area contributed by atoms with Crippen molar-refractivity contribution in [3.63, 3.8) is 0 Å². The van der Waals surface area contributed by atoms with Gasteiger partial charge in [0, 0.05) is 17.6 Å². The van der Waals surface area contributed by atoms with Crippen LogP contribution in [0.2, 0.25) is 0 Å². The molecule has 0 amide bonds. The Morgan fingerprint density at radius 1 is 1.05 bits per heavy atom. The minimum atomic E-state index is -0.461. The summed E-state index contributed by atoms with van der Waals surface area (Å²) in [6, 6.07) is 4.12. The van der Waals surface area contributed by atoms with E-state index in [2.05, 4.69) is 19.2 Å². The average molecular weight is 267 g/mol. The van der Waals surface area contributed by atoms with Crippen molar-refractivity contribution in [3.05, 3.63) is 35.4 Å². The van der Waals surface area contributed by atoms with E-state index < -0.39 is 11.6 Å². The number of halogens is 2. The second kappa shape index (κ2) is 6.00. The van der Waals surface area contributed by atoms with Gasteiger partial charge in [0.25, 0.3) is 0 Å². The van der Waals surface area contributed by atoms with Crippen molar-refractivity contribution < 1.29 is 8.78 Å². The molecule has 106 valence electrons. The summed E-state index contributed by atoms with van der Waals surface area (Å²) < 4.78 is 27.5. The molecule has 1 aromatic rings. The van der Waals surface area contributed by atoms with Gasteiger partial charge < -0.3 is 5.32 Å². The lowest BCUT2D eigenvalue weighted by Crippen LogP contribution is -2.38. The maximum atomic E-state index is 13.7. The quantitative estimate of drug-likeness (QED) is 0.853. The molecule has 1 aliphatic rings. The normalized spacial score (nSPS) is 29.2. The molecule has 1 N–H and O–H groups in total. The van der Waals surface area contributed by atoms with Crippen LogP contribution in [0.4, 0.5) is 8.78 Å². The fourth-order valence-electron chi connectivity index (χ4n) is 3.44. The highest BCUT2D eigenvalue weighted by atomic mass is 19.1. The van der Waals surface area contributed by atoms with Crippen LogP contribution >= 0.6 is 0 Å². The predicted molar refractivity (Wildman–Crippen MR) is 73.9 cm³/mol. The van der Waals surface area contributed by atoms with E-state index >= 15 is 0 Å². The maximum Gasteiger partial charge on any atom is 0.130 e. The Hall–Kier alpha value is -0.960. The first-order chi connectivity index (χ1) is 8.97. The number of nitrogens with one attached hydrogen (secondary N) is 1. The van der Waals surface area contributed by atoms with E-state index in [9.17, 15) is 8.78 Å². The van der Waals surface area contributed by atoms with Crippen LogP contribution in [0.15, 0.2) is 18.2 Å². The third-order valence-corrected chi connectivity index (χ3v) is 4.10. The van der Waals surface area contributed by atoms with Gasteiger partial charge >= 0.3 is 0 Å². The van der Waals surface area contributed by atoms with Gasteiger partial charge in [-0.1, -0.05) is 19.9 Å². The number of hydrogen-bond acceptors (Lipinski definition) is 1. The smallest absolute Gasteiger partial charge is 0.130 e. The zero-order valence-electron chi connectivity index (χ0n) is 11.9. The molecule has 1 aliphatic carbocycles. The molecule has 0 radical (unpaired) electrons. The number of benzene rings is 1. The molecule has 0 heterocycles. The van der Waals surface area contributed by atoms with Crippen molar-refractivity contribution >= 4 is 0 Å². The SMILES string of the molecule is CC1CC(C)CC(NC(C)c2c(F)cccc2F)C1. The summed E-state index contributed by atoms with van der Waals surface area (Å²) in [5.41, 5.74) is 0.161. The van der Waals surface area contributed by atoms with Crippen LogP contribution in [0.25, 0.3) is 0 Å². The molecule has 3 atom stereocenters. The predicted octanol–water partition coefficient (Wildman–Crippen LogP) is 4.44. The van der Waals surface area contributed by atoms with Crippen molar-refractivity contribution in [2.75, 3.05) is 0 Å². The Bertz CT molecular complexity index is 403. The van der Waals surface area contributed by atoms with Gasteiger partial charge in [0.1, 0.15) is 11.6 Å². The fourth-order valence-corrected chi connectivity index (χ4v) is 3.44. The van der Waals surface area contributed by atoms with Crippen LogP contribution in [0.5, 0.6) is 0 Å². The Labute approximate surface area is 114 Å². The second-order valence-corrected chi connectivity index (χ2v) is 6.14. The van der Waals surface area contributed by atoms with Gasteiger partial charge in [-0.3, -0.25) is 0 Å². The van der Waals surface area contributed by atoms with E-state index in [0.29, 0.717) is 17.9 Å². The third-order valence-electron chi connectivity index (χ3n) is 4.10. The molecule has 1 aromatic carbocycles. The van der Waals surface area contributed by atoms with Crippen molar-refractivity contribution in [2.45, 2.75) is 52.1 Å². The molecular formula is C16H23F2N.